The minimum atomic E-state index is -0.625. The number of halogens is 2. The topological polar surface area (TPSA) is 169 Å². The second kappa shape index (κ2) is 11.2. The minimum absolute atomic E-state index is 0.0340. The van der Waals surface area contributed by atoms with Gasteiger partial charge in [0.2, 0.25) is 0 Å². The van der Waals surface area contributed by atoms with Crippen LogP contribution in [0, 0.1) is 26.0 Å². The molecule has 17 heteroatoms. The zero-order valence-corrected chi connectivity index (χ0v) is 23.0. The summed E-state index contributed by atoms with van der Waals surface area (Å²) in [5.41, 5.74) is 1.80. The summed E-state index contributed by atoms with van der Waals surface area (Å²) in [6, 6.07) is 7.37. The van der Waals surface area contributed by atoms with E-state index in [2.05, 4.69) is 19.9 Å². The molecule has 0 fully saturated rings. The number of benzene rings is 2. The van der Waals surface area contributed by atoms with Gasteiger partial charge in [-0.25, -0.2) is 23.5 Å². The third kappa shape index (κ3) is 5.22. The lowest BCUT2D eigenvalue weighted by Crippen LogP contribution is -2.20. The molecule has 0 spiro atoms. The first-order valence-electron chi connectivity index (χ1n) is 12.1. The van der Waals surface area contributed by atoms with Gasteiger partial charge in [-0.15, -0.1) is 0 Å². The molecule has 0 amide bonds. The van der Waals surface area contributed by atoms with Crippen molar-refractivity contribution in [1.29, 1.82) is 0 Å². The third-order valence-corrected chi connectivity index (χ3v) is 6.80. The molecular weight excluding hydrogens is 577 g/mol. The normalized spacial score (nSPS) is 11.1. The van der Waals surface area contributed by atoms with Gasteiger partial charge in [0, 0.05) is 17.1 Å². The molecule has 0 aliphatic rings. The van der Waals surface area contributed by atoms with E-state index in [0.29, 0.717) is 39.5 Å². The zero-order valence-electron chi connectivity index (χ0n) is 22.3. The van der Waals surface area contributed by atoms with E-state index in [9.17, 15) is 24.6 Å². The summed E-state index contributed by atoms with van der Waals surface area (Å²) in [5, 5.41) is 22.9. The monoisotopic (exact) mass is 597 g/mol. The lowest BCUT2D eigenvalue weighted by molar-refractivity contribution is -0.396. The summed E-state index contributed by atoms with van der Waals surface area (Å²) >= 11 is 6.11. The fraction of sp³-hybridized carbons (Fsp3) is 0.200. The van der Waals surface area contributed by atoms with Crippen LogP contribution >= 0.6 is 11.6 Å². The predicted octanol–water partition coefficient (Wildman–Crippen LogP) is 4.63. The average molecular weight is 598 g/mol. The lowest BCUT2D eigenvalue weighted by atomic mass is 10.1. The van der Waals surface area contributed by atoms with Crippen LogP contribution in [0.15, 0.2) is 49.1 Å². The minimum Gasteiger partial charge on any atom is -0.493 e. The Morgan fingerprint density at radius 3 is 2.24 bits per heavy atom. The van der Waals surface area contributed by atoms with E-state index in [1.54, 1.807) is 17.0 Å². The number of hydrogen-bond donors (Lipinski definition) is 0. The molecule has 15 nitrogen and oxygen atoms in total. The SMILES string of the molecule is COc1cc2ncnc(N(Cc3cnc([N+](=O)[O-])n3C)c3ccc(F)c(Cl)c3)c2cc1OCc1cnc([N+](=O)[O-])n1C. The number of imidazole rings is 2. The van der Waals surface area contributed by atoms with E-state index >= 15 is 0 Å². The fourth-order valence-corrected chi connectivity index (χ4v) is 4.46. The first-order chi connectivity index (χ1) is 20.1. The molecule has 0 N–H and O–H groups in total. The van der Waals surface area contributed by atoms with E-state index in [4.69, 9.17) is 21.1 Å². The average Bonchev–Trinajstić information content (AvgIpc) is 3.52. The number of nitro groups is 2. The van der Waals surface area contributed by atoms with E-state index in [-0.39, 0.29) is 35.8 Å². The van der Waals surface area contributed by atoms with Crippen LogP contribution < -0.4 is 14.4 Å². The van der Waals surface area contributed by atoms with Crippen molar-refractivity contribution in [3.8, 4) is 11.5 Å². The fourth-order valence-electron chi connectivity index (χ4n) is 4.28. The molecule has 216 valence electrons. The second-order valence-corrected chi connectivity index (χ2v) is 9.33. The molecule has 3 heterocycles. The summed E-state index contributed by atoms with van der Waals surface area (Å²) in [7, 11) is 4.46. The van der Waals surface area contributed by atoms with Crippen molar-refractivity contribution in [2.75, 3.05) is 12.0 Å². The van der Waals surface area contributed by atoms with Crippen LogP contribution in [0.4, 0.5) is 27.8 Å². The van der Waals surface area contributed by atoms with E-state index < -0.39 is 15.7 Å². The molecule has 0 radical (unpaired) electrons. The molecule has 42 heavy (non-hydrogen) atoms. The molecule has 2 aromatic carbocycles. The van der Waals surface area contributed by atoms with Crippen molar-refractivity contribution in [1.82, 2.24) is 29.1 Å². The molecule has 5 rings (SSSR count). The van der Waals surface area contributed by atoms with Gasteiger partial charge in [-0.1, -0.05) is 21.6 Å². The van der Waals surface area contributed by atoms with Crippen LogP contribution in [0.2, 0.25) is 5.02 Å². The quantitative estimate of drug-likeness (QED) is 0.162. The molecule has 0 atom stereocenters. The maximum absolute atomic E-state index is 14.1. The summed E-state index contributed by atoms with van der Waals surface area (Å²) in [5.74, 6) is -0.361. The van der Waals surface area contributed by atoms with Crippen LogP contribution in [-0.2, 0) is 27.2 Å². The van der Waals surface area contributed by atoms with Crippen LogP contribution in [-0.4, -0.2) is 46.0 Å². The Labute approximate surface area is 241 Å². The van der Waals surface area contributed by atoms with Crippen molar-refractivity contribution in [2.24, 2.45) is 14.1 Å². The summed E-state index contributed by atoms with van der Waals surface area (Å²) < 4.78 is 28.2. The number of hydrogen-bond acceptors (Lipinski definition) is 11. The van der Waals surface area contributed by atoms with Gasteiger partial charge in [0.05, 0.1) is 38.3 Å². The summed E-state index contributed by atoms with van der Waals surface area (Å²) in [4.78, 5) is 39.6. The van der Waals surface area contributed by atoms with E-state index in [0.717, 1.165) is 0 Å². The van der Waals surface area contributed by atoms with Gasteiger partial charge < -0.3 is 34.6 Å². The number of fused-ring (bicyclic) bond motifs is 1. The van der Waals surface area contributed by atoms with E-state index in [1.165, 1.54) is 67.3 Å². The first-order valence-corrected chi connectivity index (χ1v) is 12.4. The summed E-state index contributed by atoms with van der Waals surface area (Å²) in [6.07, 6.45) is 4.04. The highest BCUT2D eigenvalue weighted by molar-refractivity contribution is 6.31. The highest BCUT2D eigenvalue weighted by Gasteiger charge is 2.25. The highest BCUT2D eigenvalue weighted by atomic mass is 35.5. The Morgan fingerprint density at radius 2 is 1.62 bits per heavy atom. The molecule has 0 unspecified atom stereocenters. The van der Waals surface area contributed by atoms with E-state index in [1.807, 2.05) is 0 Å². The molecule has 0 bridgehead atoms. The van der Waals surface area contributed by atoms with Gasteiger partial charge >= 0.3 is 11.9 Å². The van der Waals surface area contributed by atoms with Gasteiger partial charge in [-0.05, 0) is 34.1 Å². The van der Waals surface area contributed by atoms with Crippen molar-refractivity contribution >= 4 is 45.9 Å². The van der Waals surface area contributed by atoms with Gasteiger partial charge in [0.25, 0.3) is 0 Å². The lowest BCUT2D eigenvalue weighted by Gasteiger charge is -2.25. The molecule has 0 aliphatic carbocycles. The Bertz CT molecular complexity index is 1840. The summed E-state index contributed by atoms with van der Waals surface area (Å²) in [6.45, 7) is -0.0372. The molecular formula is C25H21ClFN9O6. The Kier molecular flexibility index (Phi) is 7.54. The Morgan fingerprint density at radius 1 is 0.952 bits per heavy atom. The van der Waals surface area contributed by atoms with Crippen molar-refractivity contribution < 1.29 is 23.7 Å². The molecule has 5 aromatic rings. The predicted molar refractivity (Wildman–Crippen MR) is 147 cm³/mol. The number of anilines is 2. The maximum Gasteiger partial charge on any atom is 0.434 e. The van der Waals surface area contributed by atoms with Gasteiger partial charge in [0.1, 0.15) is 42.7 Å². The van der Waals surface area contributed by atoms with Crippen molar-refractivity contribution in [2.45, 2.75) is 13.2 Å². The number of methoxy groups -OCH3 is 1. The Balaban J connectivity index is 1.61. The van der Waals surface area contributed by atoms with Crippen LogP contribution in [0.1, 0.15) is 11.4 Å². The van der Waals surface area contributed by atoms with Crippen molar-refractivity contribution in [3.63, 3.8) is 0 Å². The number of rotatable bonds is 10. The second-order valence-electron chi connectivity index (χ2n) is 8.92. The molecule has 0 saturated carbocycles. The number of nitrogens with zero attached hydrogens (tertiary/aromatic N) is 9. The van der Waals surface area contributed by atoms with Gasteiger partial charge in [0.15, 0.2) is 17.2 Å². The largest absolute Gasteiger partial charge is 0.493 e. The van der Waals surface area contributed by atoms with Gasteiger partial charge in [-0.3, -0.25) is 0 Å². The smallest absolute Gasteiger partial charge is 0.434 e. The zero-order chi connectivity index (χ0) is 30.1. The molecule has 0 aliphatic heterocycles. The number of ether oxygens (including phenoxy) is 2. The standard InChI is InChI=1S/C25H21ClFN9O6/c1-32-15(9-28-24(32)35(37)38)11-34(14-4-5-19(27)18(26)6-14)23-17-7-22(21(41-3)8-20(17)30-13-31-23)42-12-16-10-29-25(33(16)2)36(39)40/h4-10,13H,11-12H2,1-3H3. The third-order valence-electron chi connectivity index (χ3n) is 6.51. The molecule has 0 saturated heterocycles. The molecule has 3 aromatic heterocycles. The van der Waals surface area contributed by atoms with Crippen molar-refractivity contribution in [3.05, 3.63) is 91.5 Å². The van der Waals surface area contributed by atoms with Crippen LogP contribution in [0.5, 0.6) is 11.5 Å². The Hall–Kier alpha value is -5.38. The first kappa shape index (κ1) is 28.2. The van der Waals surface area contributed by atoms with Crippen LogP contribution in [0.25, 0.3) is 10.9 Å². The highest BCUT2D eigenvalue weighted by Crippen LogP contribution is 2.39. The maximum atomic E-state index is 14.1. The van der Waals surface area contributed by atoms with Crippen LogP contribution in [0.3, 0.4) is 0 Å². The van der Waals surface area contributed by atoms with Gasteiger partial charge in [-0.2, -0.15) is 0 Å². The number of aromatic nitrogens is 6.